The predicted molar refractivity (Wildman–Crippen MR) is 176 cm³/mol. The van der Waals surface area contributed by atoms with Crippen molar-refractivity contribution < 1.29 is 39.3 Å². The molecule has 1 atom stereocenters. The predicted octanol–water partition coefficient (Wildman–Crippen LogP) is 5.13. The van der Waals surface area contributed by atoms with Crippen molar-refractivity contribution in [1.82, 2.24) is 10.6 Å². The molecule has 0 radical (unpaired) electrons. The van der Waals surface area contributed by atoms with Gasteiger partial charge in [0.15, 0.2) is 11.5 Å². The summed E-state index contributed by atoms with van der Waals surface area (Å²) >= 11 is 0. The fourth-order valence-electron chi connectivity index (χ4n) is 5.30. The zero-order valence-corrected chi connectivity index (χ0v) is 27.1. The number of nitro groups is 1. The molecule has 4 rings (SSSR count). The van der Waals surface area contributed by atoms with Crippen LogP contribution in [0.15, 0.2) is 89.3 Å². The van der Waals surface area contributed by atoms with Crippen LogP contribution in [0.5, 0.6) is 17.2 Å². The smallest absolute Gasteiger partial charge is 0.336 e. The largest absolute Gasteiger partial charge is 0.508 e. The second kappa shape index (κ2) is 16.8. The molecule has 1 aliphatic rings. The van der Waals surface area contributed by atoms with Crippen molar-refractivity contribution >= 4 is 17.6 Å². The maximum atomic E-state index is 12.3. The van der Waals surface area contributed by atoms with Crippen molar-refractivity contribution in [3.8, 4) is 17.2 Å². The molecule has 47 heavy (non-hydrogen) atoms. The van der Waals surface area contributed by atoms with Crippen LogP contribution < -0.4 is 10.6 Å². The lowest BCUT2D eigenvalue weighted by molar-refractivity contribution is -0.385. The first-order chi connectivity index (χ1) is 22.4. The van der Waals surface area contributed by atoms with Crippen LogP contribution in [-0.4, -0.2) is 59.0 Å². The summed E-state index contributed by atoms with van der Waals surface area (Å²) < 4.78 is 9.66. The topological polar surface area (TPSA) is 180 Å². The minimum atomic E-state index is -0.970. The van der Waals surface area contributed by atoms with Crippen LogP contribution in [0.4, 0.5) is 5.69 Å². The highest BCUT2D eigenvalue weighted by molar-refractivity contribution is 6.00. The number of dihydropyridines is 1. The molecule has 0 saturated heterocycles. The molecule has 12 nitrogen and oxygen atoms in total. The van der Waals surface area contributed by atoms with Gasteiger partial charge in [-0.25, -0.2) is 9.59 Å². The van der Waals surface area contributed by atoms with Crippen molar-refractivity contribution in [3.63, 3.8) is 0 Å². The number of para-hydroxylation sites is 1. The highest BCUT2D eigenvalue weighted by Crippen LogP contribution is 2.42. The number of benzene rings is 3. The van der Waals surface area contributed by atoms with Gasteiger partial charge in [0.25, 0.3) is 5.69 Å². The molecular weight excluding hydrogens is 606 g/mol. The Morgan fingerprint density at radius 1 is 0.872 bits per heavy atom. The van der Waals surface area contributed by atoms with Crippen molar-refractivity contribution in [1.29, 1.82) is 0 Å². The Morgan fingerprint density at radius 3 is 2.00 bits per heavy atom. The Labute approximate surface area is 273 Å². The summed E-state index contributed by atoms with van der Waals surface area (Å²) in [4.78, 5) is 35.6. The maximum absolute atomic E-state index is 12.3. The summed E-state index contributed by atoms with van der Waals surface area (Å²) in [6, 6.07) is 18.6. The minimum Gasteiger partial charge on any atom is -0.508 e. The standard InChI is InChI=1S/C18H23NO3.C17H18N2O6/c1-13(2-3-14-4-7-16(20)8-5-14)19-11-10-15-6-9-17(21)18(22)12-15;1-9-13(16(20)24-3)15(14(10(2)18-9)17(21)25-4)11-7-5-6-8-12(11)19(22)23/h4-9,12-13,19-22H,2-3,10-11H2,1H3;5-8,15,18H,1-4H3. The number of hydrogen-bond acceptors (Lipinski definition) is 11. The number of hydrogen-bond donors (Lipinski definition) is 5. The van der Waals surface area contributed by atoms with Crippen LogP contribution >= 0.6 is 0 Å². The number of rotatable bonds is 11. The molecule has 0 spiro atoms. The third kappa shape index (κ3) is 9.57. The number of allylic oxidation sites excluding steroid dienone is 2. The van der Waals surface area contributed by atoms with E-state index in [1.54, 1.807) is 38.1 Å². The molecule has 0 bridgehead atoms. The van der Waals surface area contributed by atoms with Gasteiger partial charge in [-0.2, -0.15) is 0 Å². The SMILES string of the molecule is CC(CCc1ccc(O)cc1)NCCc1ccc(O)c(O)c1.COC(=O)C1=C(C)NC(C)=C(C(=O)OC)C1c1ccccc1[N+](=O)[O-]. The first-order valence-corrected chi connectivity index (χ1v) is 15.0. The van der Waals surface area contributed by atoms with Gasteiger partial charge in [-0.3, -0.25) is 10.1 Å². The molecular formula is C35H41N3O9. The zero-order chi connectivity index (χ0) is 34.7. The van der Waals surface area contributed by atoms with E-state index in [0.29, 0.717) is 23.2 Å². The van der Waals surface area contributed by atoms with Gasteiger partial charge in [0, 0.05) is 29.1 Å². The summed E-state index contributed by atoms with van der Waals surface area (Å²) in [7, 11) is 2.42. The molecule has 1 heterocycles. The Bertz CT molecular complexity index is 1610. The molecule has 0 amide bonds. The average Bonchev–Trinajstić information content (AvgIpc) is 3.05. The van der Waals surface area contributed by atoms with Crippen LogP contribution in [0.3, 0.4) is 0 Å². The monoisotopic (exact) mass is 647 g/mol. The van der Waals surface area contributed by atoms with Gasteiger partial charge < -0.3 is 35.4 Å². The first kappa shape index (κ1) is 36.1. The van der Waals surface area contributed by atoms with E-state index in [1.165, 1.54) is 44.0 Å². The number of carbonyl (C=O) groups is 2. The van der Waals surface area contributed by atoms with E-state index in [4.69, 9.17) is 9.47 Å². The Kier molecular flexibility index (Phi) is 12.9. The van der Waals surface area contributed by atoms with Gasteiger partial charge in [0.2, 0.25) is 0 Å². The number of esters is 2. The highest BCUT2D eigenvalue weighted by atomic mass is 16.6. The number of phenols is 3. The molecule has 0 aliphatic carbocycles. The number of ether oxygens (including phenoxy) is 2. The van der Waals surface area contributed by atoms with Crippen molar-refractivity contribution in [2.75, 3.05) is 20.8 Å². The number of methoxy groups -OCH3 is 2. The van der Waals surface area contributed by atoms with Crippen LogP contribution in [0.2, 0.25) is 0 Å². The van der Waals surface area contributed by atoms with Gasteiger partial charge in [-0.05, 0) is 82.0 Å². The number of phenolic OH excluding ortho intramolecular Hbond substituents is 3. The molecule has 0 saturated carbocycles. The van der Waals surface area contributed by atoms with E-state index in [2.05, 4.69) is 17.6 Å². The van der Waals surface area contributed by atoms with E-state index in [0.717, 1.165) is 31.4 Å². The number of nitrogens with one attached hydrogen (secondary N) is 2. The van der Waals surface area contributed by atoms with Gasteiger partial charge in [-0.15, -0.1) is 0 Å². The number of nitro benzene ring substituents is 1. The summed E-state index contributed by atoms with van der Waals surface area (Å²) in [5.74, 6) is -2.18. The number of carbonyl (C=O) groups excluding carboxylic acids is 2. The summed E-state index contributed by atoms with van der Waals surface area (Å²) in [5, 5.41) is 45.8. The molecule has 0 fully saturated rings. The first-order valence-electron chi connectivity index (χ1n) is 15.0. The second-order valence-corrected chi connectivity index (χ2v) is 11.1. The average molecular weight is 648 g/mol. The summed E-state index contributed by atoms with van der Waals surface area (Å²) in [6.07, 6.45) is 2.79. The van der Waals surface area contributed by atoms with Crippen LogP contribution in [-0.2, 0) is 31.9 Å². The van der Waals surface area contributed by atoms with Crippen molar-refractivity contribution in [3.05, 3.63) is 116 Å². The Morgan fingerprint density at radius 2 is 1.45 bits per heavy atom. The summed E-state index contributed by atoms with van der Waals surface area (Å²) in [5.41, 5.74) is 3.40. The van der Waals surface area contributed by atoms with Gasteiger partial charge in [0.1, 0.15) is 5.75 Å². The van der Waals surface area contributed by atoms with E-state index < -0.39 is 22.8 Å². The van der Waals surface area contributed by atoms with Crippen LogP contribution in [0.1, 0.15) is 49.8 Å². The minimum absolute atomic E-state index is 0.0714. The highest BCUT2D eigenvalue weighted by Gasteiger charge is 2.40. The van der Waals surface area contributed by atoms with Crippen LogP contribution in [0, 0.1) is 10.1 Å². The van der Waals surface area contributed by atoms with Crippen LogP contribution in [0.25, 0.3) is 0 Å². The normalized spacial score (nSPS) is 13.6. The molecule has 250 valence electrons. The zero-order valence-electron chi connectivity index (χ0n) is 27.1. The van der Waals surface area contributed by atoms with E-state index in [-0.39, 0.29) is 33.9 Å². The fraction of sp³-hybridized carbons (Fsp3) is 0.314. The quantitative estimate of drug-likeness (QED) is 0.0805. The summed E-state index contributed by atoms with van der Waals surface area (Å²) in [6.45, 7) is 6.26. The fourth-order valence-corrected chi connectivity index (χ4v) is 5.30. The van der Waals surface area contributed by atoms with E-state index >= 15 is 0 Å². The van der Waals surface area contributed by atoms with Gasteiger partial charge in [0.05, 0.1) is 36.2 Å². The van der Waals surface area contributed by atoms with Crippen molar-refractivity contribution in [2.45, 2.75) is 52.0 Å². The molecule has 0 aromatic heterocycles. The molecule has 3 aromatic carbocycles. The molecule has 5 N–H and O–H groups in total. The molecule has 1 unspecified atom stereocenters. The molecule has 3 aromatic rings. The lowest BCUT2D eigenvalue weighted by atomic mass is 9.79. The molecule has 1 aliphatic heterocycles. The lowest BCUT2D eigenvalue weighted by Gasteiger charge is -2.29. The third-order valence-electron chi connectivity index (χ3n) is 7.76. The molecule has 12 heteroatoms. The van der Waals surface area contributed by atoms with Gasteiger partial charge >= 0.3 is 11.9 Å². The lowest BCUT2D eigenvalue weighted by Crippen LogP contribution is -2.32. The Hall–Kier alpha value is -5.36. The third-order valence-corrected chi connectivity index (χ3v) is 7.76. The number of aryl methyl sites for hydroxylation is 1. The van der Waals surface area contributed by atoms with E-state index in [1.807, 2.05) is 18.2 Å². The second-order valence-electron chi connectivity index (χ2n) is 11.1. The maximum Gasteiger partial charge on any atom is 0.336 e. The Balaban J connectivity index is 0.000000257. The van der Waals surface area contributed by atoms with E-state index in [9.17, 15) is 35.0 Å². The number of aromatic hydroxyl groups is 3. The van der Waals surface area contributed by atoms with Gasteiger partial charge in [-0.1, -0.05) is 36.4 Å². The van der Waals surface area contributed by atoms with Crippen molar-refractivity contribution in [2.24, 2.45) is 0 Å². The number of nitrogens with zero attached hydrogens (tertiary/aromatic N) is 1.